The van der Waals surface area contributed by atoms with Crippen molar-refractivity contribution in [2.75, 3.05) is 18.0 Å². The van der Waals surface area contributed by atoms with Gasteiger partial charge in [-0.05, 0) is 30.4 Å². The molecule has 2 nitrogen and oxygen atoms in total. The number of hydrogen-bond acceptors (Lipinski definition) is 2. The molecule has 2 rings (SSSR count). The van der Waals surface area contributed by atoms with Crippen LogP contribution in [0.25, 0.3) is 0 Å². The van der Waals surface area contributed by atoms with Gasteiger partial charge in [-0.2, -0.15) is 0 Å². The smallest absolute Gasteiger partial charge is 0.128 e. The molecule has 1 fully saturated rings. The molecule has 14 heavy (non-hydrogen) atoms. The van der Waals surface area contributed by atoms with Gasteiger partial charge in [-0.3, -0.25) is 0 Å². The van der Waals surface area contributed by atoms with Crippen molar-refractivity contribution in [2.24, 2.45) is 11.8 Å². The van der Waals surface area contributed by atoms with Crippen molar-refractivity contribution in [2.45, 2.75) is 20.3 Å². The summed E-state index contributed by atoms with van der Waals surface area (Å²) in [7, 11) is 0. The average Bonchev–Trinajstić information content (AvgIpc) is 2.18. The predicted molar refractivity (Wildman–Crippen MR) is 59.4 cm³/mol. The molecule has 0 saturated carbocycles. The van der Waals surface area contributed by atoms with Gasteiger partial charge in [0.1, 0.15) is 5.82 Å². The molecule has 76 valence electrons. The molecule has 1 aliphatic rings. The summed E-state index contributed by atoms with van der Waals surface area (Å²) in [5, 5.41) is 0. The molecule has 0 bridgehead atoms. The van der Waals surface area contributed by atoms with E-state index in [0.717, 1.165) is 30.7 Å². The summed E-state index contributed by atoms with van der Waals surface area (Å²) in [6, 6.07) is 6.14. The second-order valence-corrected chi connectivity index (χ2v) is 4.54. The first-order valence-corrected chi connectivity index (χ1v) is 5.41. The van der Waals surface area contributed by atoms with Crippen molar-refractivity contribution in [3.8, 4) is 0 Å². The summed E-state index contributed by atoms with van der Waals surface area (Å²) in [4.78, 5) is 6.80. The zero-order valence-electron chi connectivity index (χ0n) is 8.98. The molecular weight excluding hydrogens is 172 g/mol. The van der Waals surface area contributed by atoms with Gasteiger partial charge in [0.05, 0.1) is 0 Å². The number of pyridine rings is 1. The third-order valence-corrected chi connectivity index (χ3v) is 2.84. The van der Waals surface area contributed by atoms with E-state index in [9.17, 15) is 0 Å². The van der Waals surface area contributed by atoms with Crippen molar-refractivity contribution in [1.82, 2.24) is 4.98 Å². The summed E-state index contributed by atoms with van der Waals surface area (Å²) in [6.07, 6.45) is 3.22. The Morgan fingerprint density at radius 3 is 2.50 bits per heavy atom. The molecule has 0 spiro atoms. The summed E-state index contributed by atoms with van der Waals surface area (Å²) in [5.41, 5.74) is 0. The fourth-order valence-corrected chi connectivity index (χ4v) is 2.39. The second-order valence-electron chi connectivity index (χ2n) is 4.54. The van der Waals surface area contributed by atoms with Gasteiger partial charge in [-0.1, -0.05) is 19.9 Å². The first-order chi connectivity index (χ1) is 6.75. The molecule has 0 radical (unpaired) electrons. The van der Waals surface area contributed by atoms with E-state index in [1.54, 1.807) is 0 Å². The Morgan fingerprint density at radius 2 is 1.93 bits per heavy atom. The van der Waals surface area contributed by atoms with Gasteiger partial charge in [-0.15, -0.1) is 0 Å². The third-order valence-electron chi connectivity index (χ3n) is 2.84. The molecule has 0 N–H and O–H groups in total. The topological polar surface area (TPSA) is 16.1 Å². The van der Waals surface area contributed by atoms with Crippen molar-refractivity contribution in [3.05, 3.63) is 24.4 Å². The van der Waals surface area contributed by atoms with E-state index in [1.807, 2.05) is 12.3 Å². The maximum atomic E-state index is 4.40. The van der Waals surface area contributed by atoms with Crippen molar-refractivity contribution >= 4 is 5.82 Å². The van der Waals surface area contributed by atoms with Crippen molar-refractivity contribution < 1.29 is 0 Å². The fraction of sp³-hybridized carbons (Fsp3) is 0.583. The summed E-state index contributed by atoms with van der Waals surface area (Å²) in [6.45, 7) is 6.96. The van der Waals surface area contributed by atoms with E-state index in [1.165, 1.54) is 6.42 Å². The maximum Gasteiger partial charge on any atom is 0.128 e. The standard InChI is InChI=1S/C12H18N2/c1-10-7-11(2)9-14(8-10)12-5-3-4-6-13-12/h3-6,10-11H,7-9H2,1-2H3/t10-,11-/m1/s1. The average molecular weight is 190 g/mol. The number of rotatable bonds is 1. The molecule has 0 aliphatic carbocycles. The highest BCUT2D eigenvalue weighted by Crippen LogP contribution is 2.24. The quantitative estimate of drug-likeness (QED) is 0.676. The van der Waals surface area contributed by atoms with E-state index in [4.69, 9.17) is 0 Å². The van der Waals surface area contributed by atoms with Crippen molar-refractivity contribution in [3.63, 3.8) is 0 Å². The number of nitrogens with zero attached hydrogens (tertiary/aromatic N) is 2. The van der Waals surface area contributed by atoms with Crippen LogP contribution in [0.5, 0.6) is 0 Å². The number of anilines is 1. The van der Waals surface area contributed by atoms with Gasteiger partial charge in [0.25, 0.3) is 0 Å². The molecule has 2 heteroatoms. The van der Waals surface area contributed by atoms with E-state index >= 15 is 0 Å². The Kier molecular flexibility index (Phi) is 2.71. The van der Waals surface area contributed by atoms with Crippen molar-refractivity contribution in [1.29, 1.82) is 0 Å². The lowest BCUT2D eigenvalue weighted by Gasteiger charge is -2.35. The Hall–Kier alpha value is -1.05. The van der Waals surface area contributed by atoms with Gasteiger partial charge in [0, 0.05) is 19.3 Å². The minimum atomic E-state index is 0.792. The van der Waals surface area contributed by atoms with Gasteiger partial charge in [-0.25, -0.2) is 4.98 Å². The minimum absolute atomic E-state index is 0.792. The molecule has 2 heterocycles. The molecule has 1 saturated heterocycles. The summed E-state index contributed by atoms with van der Waals surface area (Å²) < 4.78 is 0. The van der Waals surface area contributed by atoms with Gasteiger partial charge >= 0.3 is 0 Å². The highest BCUT2D eigenvalue weighted by atomic mass is 15.2. The zero-order valence-corrected chi connectivity index (χ0v) is 8.98. The first kappa shape index (κ1) is 9.50. The number of aromatic nitrogens is 1. The van der Waals surface area contributed by atoms with Gasteiger partial charge in [0.15, 0.2) is 0 Å². The van der Waals surface area contributed by atoms with E-state index in [-0.39, 0.29) is 0 Å². The molecule has 1 aromatic rings. The highest BCUT2D eigenvalue weighted by molar-refractivity contribution is 5.38. The predicted octanol–water partition coefficient (Wildman–Crippen LogP) is 2.56. The lowest BCUT2D eigenvalue weighted by molar-refractivity contribution is 0.355. The molecule has 0 unspecified atom stereocenters. The van der Waals surface area contributed by atoms with Gasteiger partial charge < -0.3 is 4.90 Å². The Bertz CT molecular complexity index is 274. The molecule has 1 aromatic heterocycles. The zero-order chi connectivity index (χ0) is 9.97. The lowest BCUT2D eigenvalue weighted by Crippen LogP contribution is -2.39. The summed E-state index contributed by atoms with van der Waals surface area (Å²) >= 11 is 0. The molecule has 0 amide bonds. The summed E-state index contributed by atoms with van der Waals surface area (Å²) in [5.74, 6) is 2.72. The van der Waals surface area contributed by atoms with Crippen LogP contribution in [0, 0.1) is 11.8 Å². The Labute approximate surface area is 86.0 Å². The van der Waals surface area contributed by atoms with E-state index < -0.39 is 0 Å². The van der Waals surface area contributed by atoms with Crippen LogP contribution in [-0.4, -0.2) is 18.1 Å². The lowest BCUT2D eigenvalue weighted by atomic mass is 9.92. The molecule has 1 aliphatic heterocycles. The van der Waals surface area contributed by atoms with Crippen LogP contribution >= 0.6 is 0 Å². The van der Waals surface area contributed by atoms with Crippen LogP contribution in [0.4, 0.5) is 5.82 Å². The number of piperidine rings is 1. The second kappa shape index (κ2) is 3.99. The Balaban J connectivity index is 2.11. The first-order valence-electron chi connectivity index (χ1n) is 5.41. The number of hydrogen-bond donors (Lipinski definition) is 0. The largest absolute Gasteiger partial charge is 0.356 e. The normalized spacial score (nSPS) is 27.7. The van der Waals surface area contributed by atoms with Crippen LogP contribution in [0.3, 0.4) is 0 Å². The fourth-order valence-electron chi connectivity index (χ4n) is 2.39. The van der Waals surface area contributed by atoms with Crippen LogP contribution in [0.2, 0.25) is 0 Å². The van der Waals surface area contributed by atoms with E-state index in [2.05, 4.69) is 35.9 Å². The molecule has 2 atom stereocenters. The SMILES string of the molecule is C[C@@H]1C[C@@H](C)CN(c2ccccn2)C1. The van der Waals surface area contributed by atoms with Crippen LogP contribution in [0.15, 0.2) is 24.4 Å². The van der Waals surface area contributed by atoms with E-state index in [0.29, 0.717) is 0 Å². The van der Waals surface area contributed by atoms with Gasteiger partial charge in [0.2, 0.25) is 0 Å². The van der Waals surface area contributed by atoms with Crippen LogP contribution < -0.4 is 4.90 Å². The minimum Gasteiger partial charge on any atom is -0.356 e. The highest BCUT2D eigenvalue weighted by Gasteiger charge is 2.22. The molecule has 0 aromatic carbocycles. The molecular formula is C12H18N2. The van der Waals surface area contributed by atoms with Crippen LogP contribution in [-0.2, 0) is 0 Å². The Morgan fingerprint density at radius 1 is 1.21 bits per heavy atom. The van der Waals surface area contributed by atoms with Crippen LogP contribution in [0.1, 0.15) is 20.3 Å². The third kappa shape index (κ3) is 2.06. The maximum absolute atomic E-state index is 4.40. The monoisotopic (exact) mass is 190 g/mol.